The van der Waals surface area contributed by atoms with Gasteiger partial charge in [0.1, 0.15) is 0 Å². The van der Waals surface area contributed by atoms with Gasteiger partial charge in [0.2, 0.25) is 0 Å². The molecule has 3 aliphatic rings. The van der Waals surface area contributed by atoms with Crippen molar-refractivity contribution in [2.75, 3.05) is 39.8 Å². The minimum Gasteiger partial charge on any atom is -0.304 e. The van der Waals surface area contributed by atoms with Gasteiger partial charge in [-0.15, -0.1) is 0 Å². The quantitative estimate of drug-likeness (QED) is 0.755. The molecule has 2 aliphatic heterocycles. The zero-order chi connectivity index (χ0) is 13.8. The van der Waals surface area contributed by atoms with Crippen LogP contribution in [0.4, 0.5) is 0 Å². The fraction of sp³-hybridized carbons (Fsp3) is 1.00. The molecule has 0 N–H and O–H groups in total. The van der Waals surface area contributed by atoms with Crippen LogP contribution in [0, 0.1) is 5.41 Å². The van der Waals surface area contributed by atoms with E-state index < -0.39 is 0 Å². The highest BCUT2D eigenvalue weighted by atomic mass is 15.3. The number of likely N-dealkylation sites (N-methyl/N-ethyl adjacent to an activating group) is 1. The number of hydrogen-bond donors (Lipinski definition) is 0. The van der Waals surface area contributed by atoms with Gasteiger partial charge in [-0.3, -0.25) is 4.90 Å². The van der Waals surface area contributed by atoms with E-state index in [1.165, 1.54) is 45.6 Å². The highest BCUT2D eigenvalue weighted by Crippen LogP contribution is 2.61. The zero-order valence-electron chi connectivity index (χ0n) is 13.4. The fourth-order valence-corrected chi connectivity index (χ4v) is 4.75. The van der Waals surface area contributed by atoms with E-state index in [1.807, 2.05) is 0 Å². The molecule has 0 aromatic heterocycles. The lowest BCUT2D eigenvalue weighted by molar-refractivity contribution is 0.103. The number of rotatable bonds is 2. The second kappa shape index (κ2) is 4.44. The standard InChI is InChI=1S/C16H31N3/c1-13-10-16(11-14(16)19(13)15(2,3)4)12-18-8-6-17(5)7-9-18/h13-14H,6-12H2,1-5H3/t13-,14-,16+/m1/s1. The van der Waals surface area contributed by atoms with E-state index >= 15 is 0 Å². The maximum absolute atomic E-state index is 2.79. The molecule has 19 heavy (non-hydrogen) atoms. The molecular formula is C16H31N3. The first-order valence-corrected chi connectivity index (χ1v) is 8.01. The normalized spacial score (nSPS) is 41.5. The molecule has 1 aliphatic carbocycles. The molecule has 3 rings (SSSR count). The maximum atomic E-state index is 2.79. The molecule has 3 fully saturated rings. The smallest absolute Gasteiger partial charge is 0.0179 e. The lowest BCUT2D eigenvalue weighted by Crippen LogP contribution is -2.47. The van der Waals surface area contributed by atoms with Crippen LogP contribution in [0.2, 0.25) is 0 Å². The highest BCUT2D eigenvalue weighted by Gasteiger charge is 2.65. The van der Waals surface area contributed by atoms with E-state index in [0.29, 0.717) is 11.0 Å². The summed E-state index contributed by atoms with van der Waals surface area (Å²) in [6.07, 6.45) is 2.86. The topological polar surface area (TPSA) is 9.72 Å². The molecule has 1 saturated carbocycles. The van der Waals surface area contributed by atoms with E-state index in [1.54, 1.807) is 0 Å². The molecule has 110 valence electrons. The van der Waals surface area contributed by atoms with Gasteiger partial charge in [0, 0.05) is 55.8 Å². The van der Waals surface area contributed by atoms with Crippen LogP contribution < -0.4 is 0 Å². The van der Waals surface area contributed by atoms with Gasteiger partial charge < -0.3 is 9.80 Å². The van der Waals surface area contributed by atoms with Crippen LogP contribution in [0.5, 0.6) is 0 Å². The number of piperidine rings is 1. The summed E-state index contributed by atoms with van der Waals surface area (Å²) < 4.78 is 0. The molecule has 0 unspecified atom stereocenters. The maximum Gasteiger partial charge on any atom is 0.0179 e. The first kappa shape index (κ1) is 13.8. The third-order valence-electron chi connectivity index (χ3n) is 5.57. The molecule has 0 aromatic rings. The summed E-state index contributed by atoms with van der Waals surface area (Å²) in [7, 11) is 2.24. The monoisotopic (exact) mass is 265 g/mol. The van der Waals surface area contributed by atoms with Crippen LogP contribution in [0.25, 0.3) is 0 Å². The summed E-state index contributed by atoms with van der Waals surface area (Å²) in [6, 6.07) is 1.63. The van der Waals surface area contributed by atoms with Gasteiger partial charge in [-0.05, 0) is 47.6 Å². The number of piperazine rings is 1. The number of hydrogen-bond acceptors (Lipinski definition) is 3. The third-order valence-corrected chi connectivity index (χ3v) is 5.57. The second-order valence-electron chi connectivity index (χ2n) is 8.29. The van der Waals surface area contributed by atoms with Crippen LogP contribution in [0.3, 0.4) is 0 Å². The van der Waals surface area contributed by atoms with Gasteiger partial charge in [0.15, 0.2) is 0 Å². The Hall–Kier alpha value is -0.120. The SMILES string of the molecule is C[C@@H]1C[C@@]2(CN3CCN(C)CC3)C[C@H]2N1C(C)(C)C. The van der Waals surface area contributed by atoms with E-state index in [2.05, 4.69) is 49.4 Å². The summed E-state index contributed by atoms with van der Waals surface area (Å²) in [6.45, 7) is 16.0. The summed E-state index contributed by atoms with van der Waals surface area (Å²) in [5.41, 5.74) is 0.979. The van der Waals surface area contributed by atoms with Crippen LogP contribution in [-0.4, -0.2) is 72.1 Å². The first-order valence-electron chi connectivity index (χ1n) is 8.01. The van der Waals surface area contributed by atoms with Crippen molar-refractivity contribution in [3.63, 3.8) is 0 Å². The molecular weight excluding hydrogens is 234 g/mol. The minimum atomic E-state index is 0.338. The Morgan fingerprint density at radius 1 is 1.05 bits per heavy atom. The predicted octanol–water partition coefficient (Wildman–Crippen LogP) is 1.89. The second-order valence-corrected chi connectivity index (χ2v) is 8.29. The lowest BCUT2D eigenvalue weighted by atomic mass is 9.98. The number of fused-ring (bicyclic) bond motifs is 1. The Bertz CT molecular complexity index is 340. The van der Waals surface area contributed by atoms with E-state index in [9.17, 15) is 0 Å². The molecule has 0 bridgehead atoms. The van der Waals surface area contributed by atoms with Crippen molar-refractivity contribution in [3.05, 3.63) is 0 Å². The van der Waals surface area contributed by atoms with Gasteiger partial charge in [-0.2, -0.15) is 0 Å². The van der Waals surface area contributed by atoms with Crippen molar-refractivity contribution in [1.29, 1.82) is 0 Å². The third kappa shape index (κ3) is 2.45. The Morgan fingerprint density at radius 3 is 2.21 bits per heavy atom. The van der Waals surface area contributed by atoms with Crippen molar-refractivity contribution in [1.82, 2.24) is 14.7 Å². The molecule has 3 atom stereocenters. The summed E-state index contributed by atoms with van der Waals surface area (Å²) in [5, 5.41) is 0. The Morgan fingerprint density at radius 2 is 1.68 bits per heavy atom. The number of likely N-dealkylation sites (tertiary alicyclic amines) is 1. The van der Waals surface area contributed by atoms with Crippen LogP contribution in [0.1, 0.15) is 40.5 Å². The van der Waals surface area contributed by atoms with Gasteiger partial charge in [-0.1, -0.05) is 0 Å². The molecule has 0 aromatic carbocycles. The summed E-state index contributed by atoms with van der Waals surface area (Å²) in [5.74, 6) is 0. The van der Waals surface area contributed by atoms with Crippen LogP contribution in [0.15, 0.2) is 0 Å². The summed E-state index contributed by atoms with van der Waals surface area (Å²) in [4.78, 5) is 7.97. The van der Waals surface area contributed by atoms with Gasteiger partial charge in [-0.25, -0.2) is 0 Å². The molecule has 0 radical (unpaired) electrons. The van der Waals surface area contributed by atoms with Crippen molar-refractivity contribution in [2.45, 2.75) is 58.2 Å². The van der Waals surface area contributed by atoms with Gasteiger partial charge in [0.05, 0.1) is 0 Å². The van der Waals surface area contributed by atoms with E-state index in [-0.39, 0.29) is 0 Å². The van der Waals surface area contributed by atoms with Crippen molar-refractivity contribution >= 4 is 0 Å². The Labute approximate surface area is 118 Å². The average molecular weight is 265 g/mol. The molecule has 2 heterocycles. The highest BCUT2D eigenvalue weighted by molar-refractivity contribution is 5.19. The van der Waals surface area contributed by atoms with Gasteiger partial charge in [0.25, 0.3) is 0 Å². The molecule has 0 amide bonds. The molecule has 2 saturated heterocycles. The number of nitrogens with zero attached hydrogens (tertiary/aromatic N) is 3. The van der Waals surface area contributed by atoms with Gasteiger partial charge >= 0.3 is 0 Å². The van der Waals surface area contributed by atoms with Crippen molar-refractivity contribution in [2.24, 2.45) is 5.41 Å². The van der Waals surface area contributed by atoms with Crippen molar-refractivity contribution in [3.8, 4) is 0 Å². The van der Waals surface area contributed by atoms with E-state index in [0.717, 1.165) is 12.1 Å². The lowest BCUT2D eigenvalue weighted by Gasteiger charge is -2.37. The molecule has 3 heteroatoms. The predicted molar refractivity (Wildman–Crippen MR) is 80.4 cm³/mol. The fourth-order valence-electron chi connectivity index (χ4n) is 4.75. The Balaban J connectivity index is 1.62. The largest absolute Gasteiger partial charge is 0.304 e. The molecule has 3 nitrogen and oxygen atoms in total. The first-order chi connectivity index (χ1) is 8.82. The summed E-state index contributed by atoms with van der Waals surface area (Å²) >= 11 is 0. The van der Waals surface area contributed by atoms with Crippen LogP contribution in [-0.2, 0) is 0 Å². The zero-order valence-corrected chi connectivity index (χ0v) is 13.4. The minimum absolute atomic E-state index is 0.338. The average Bonchev–Trinajstić information content (AvgIpc) is 2.85. The van der Waals surface area contributed by atoms with E-state index in [4.69, 9.17) is 0 Å². The molecule has 0 spiro atoms. The van der Waals surface area contributed by atoms with Crippen LogP contribution >= 0.6 is 0 Å². The Kier molecular flexibility index (Phi) is 3.23. The van der Waals surface area contributed by atoms with Crippen molar-refractivity contribution < 1.29 is 0 Å².